The molecule has 0 radical (unpaired) electrons. The number of hydrogen-bond donors (Lipinski definition) is 2. The quantitative estimate of drug-likeness (QED) is 0.612. The molecule has 2 rings (SSSR count). The van der Waals surface area contributed by atoms with Crippen LogP contribution >= 0.6 is 0 Å². The minimum Gasteiger partial charge on any atom is -0.361 e. The predicted molar refractivity (Wildman–Crippen MR) is 88.0 cm³/mol. The molecule has 0 atom stereocenters. The van der Waals surface area contributed by atoms with Gasteiger partial charge in [0.25, 0.3) is 0 Å². The fourth-order valence-corrected chi connectivity index (χ4v) is 2.30. The second-order valence-corrected chi connectivity index (χ2v) is 5.24. The van der Waals surface area contributed by atoms with Gasteiger partial charge in [-0.3, -0.25) is 4.99 Å². The zero-order chi connectivity index (χ0) is 16.8. The number of aliphatic imine (C=N–C) groups is 1. The van der Waals surface area contributed by atoms with Crippen molar-refractivity contribution in [2.75, 3.05) is 7.05 Å². The van der Waals surface area contributed by atoms with Crippen LogP contribution in [0.2, 0.25) is 0 Å². The summed E-state index contributed by atoms with van der Waals surface area (Å²) in [5.74, 6) is 3.37. The average Bonchev–Trinajstić information content (AvgIpc) is 3.11. The van der Waals surface area contributed by atoms with E-state index in [2.05, 4.69) is 44.8 Å². The van der Waals surface area contributed by atoms with Crippen LogP contribution in [0.15, 0.2) is 9.52 Å². The topological polar surface area (TPSA) is 93.2 Å². The van der Waals surface area contributed by atoms with E-state index in [0.29, 0.717) is 19.0 Å². The minimum atomic E-state index is 0.557. The van der Waals surface area contributed by atoms with Gasteiger partial charge in [0.1, 0.15) is 11.6 Å². The molecule has 0 aliphatic heterocycles. The zero-order valence-electron chi connectivity index (χ0n) is 14.5. The Morgan fingerprint density at radius 3 is 2.48 bits per heavy atom. The van der Waals surface area contributed by atoms with E-state index < -0.39 is 0 Å². The Bertz CT molecular complexity index is 650. The first-order chi connectivity index (χ1) is 11.1. The van der Waals surface area contributed by atoms with E-state index in [1.54, 1.807) is 7.05 Å². The van der Waals surface area contributed by atoms with Crippen molar-refractivity contribution in [1.29, 1.82) is 0 Å². The molecule has 0 spiro atoms. The van der Waals surface area contributed by atoms with Crippen molar-refractivity contribution < 1.29 is 4.52 Å². The van der Waals surface area contributed by atoms with E-state index in [-0.39, 0.29) is 0 Å². The molecule has 0 bridgehead atoms. The standard InChI is InChI=1S/C15H25N7O/c1-6-12-11(13(7-2)23-21-12)8-17-15(16-4)18-9-14-20-19-10(3)22(14)5/h6-9H2,1-5H3,(H2,16,17,18). The van der Waals surface area contributed by atoms with E-state index in [4.69, 9.17) is 4.52 Å². The van der Waals surface area contributed by atoms with Gasteiger partial charge in [-0.1, -0.05) is 19.0 Å². The van der Waals surface area contributed by atoms with Crippen LogP contribution in [0.5, 0.6) is 0 Å². The summed E-state index contributed by atoms with van der Waals surface area (Å²) in [5, 5.41) is 18.8. The van der Waals surface area contributed by atoms with Crippen molar-refractivity contribution in [1.82, 2.24) is 30.6 Å². The van der Waals surface area contributed by atoms with Crippen molar-refractivity contribution in [2.24, 2.45) is 12.0 Å². The van der Waals surface area contributed by atoms with Crippen LogP contribution in [0.1, 0.15) is 42.5 Å². The molecule has 2 aromatic rings. The first-order valence-corrected chi connectivity index (χ1v) is 7.86. The van der Waals surface area contributed by atoms with E-state index in [1.807, 2.05) is 18.5 Å². The number of nitrogens with zero attached hydrogens (tertiary/aromatic N) is 5. The number of nitrogens with one attached hydrogen (secondary N) is 2. The molecule has 0 aliphatic rings. The van der Waals surface area contributed by atoms with Crippen LogP contribution in [0.25, 0.3) is 0 Å². The lowest BCUT2D eigenvalue weighted by Gasteiger charge is -2.12. The van der Waals surface area contributed by atoms with Gasteiger partial charge >= 0.3 is 0 Å². The fourth-order valence-electron chi connectivity index (χ4n) is 2.30. The molecule has 0 saturated carbocycles. The third-order valence-corrected chi connectivity index (χ3v) is 3.86. The molecule has 0 fully saturated rings. The van der Waals surface area contributed by atoms with Crippen LogP contribution in [-0.4, -0.2) is 32.9 Å². The number of aryl methyl sites for hydroxylation is 3. The molecule has 0 aromatic carbocycles. The van der Waals surface area contributed by atoms with E-state index in [9.17, 15) is 0 Å². The van der Waals surface area contributed by atoms with Gasteiger partial charge in [-0.25, -0.2) is 0 Å². The summed E-state index contributed by atoms with van der Waals surface area (Å²) in [4.78, 5) is 4.24. The Morgan fingerprint density at radius 2 is 1.91 bits per heavy atom. The third kappa shape index (κ3) is 3.88. The summed E-state index contributed by atoms with van der Waals surface area (Å²) in [7, 11) is 3.69. The summed E-state index contributed by atoms with van der Waals surface area (Å²) in [6, 6.07) is 0. The van der Waals surface area contributed by atoms with Gasteiger partial charge in [0.2, 0.25) is 0 Å². The second-order valence-electron chi connectivity index (χ2n) is 5.24. The van der Waals surface area contributed by atoms with Crippen LogP contribution in [0, 0.1) is 6.92 Å². The molecule has 2 aromatic heterocycles. The molecule has 8 nitrogen and oxygen atoms in total. The number of aromatic nitrogens is 4. The van der Waals surface area contributed by atoms with Crippen molar-refractivity contribution >= 4 is 5.96 Å². The summed E-state index contributed by atoms with van der Waals surface area (Å²) in [6.07, 6.45) is 1.68. The van der Waals surface area contributed by atoms with Crippen LogP contribution in [0.3, 0.4) is 0 Å². The fraction of sp³-hybridized carbons (Fsp3) is 0.600. The Labute approximate surface area is 136 Å². The van der Waals surface area contributed by atoms with Crippen molar-refractivity contribution in [3.05, 3.63) is 28.7 Å². The highest BCUT2D eigenvalue weighted by molar-refractivity contribution is 5.79. The van der Waals surface area contributed by atoms with E-state index in [0.717, 1.165) is 41.5 Å². The lowest BCUT2D eigenvalue weighted by Crippen LogP contribution is -2.37. The van der Waals surface area contributed by atoms with Gasteiger partial charge < -0.3 is 19.7 Å². The highest BCUT2D eigenvalue weighted by Gasteiger charge is 2.14. The molecule has 126 valence electrons. The predicted octanol–water partition coefficient (Wildman–Crippen LogP) is 1.10. The van der Waals surface area contributed by atoms with E-state index in [1.165, 1.54) is 0 Å². The smallest absolute Gasteiger partial charge is 0.191 e. The van der Waals surface area contributed by atoms with Gasteiger partial charge in [0.05, 0.1) is 12.2 Å². The summed E-state index contributed by atoms with van der Waals surface area (Å²) >= 11 is 0. The Morgan fingerprint density at radius 1 is 1.17 bits per heavy atom. The van der Waals surface area contributed by atoms with Crippen molar-refractivity contribution in [2.45, 2.75) is 46.7 Å². The molecule has 0 amide bonds. The van der Waals surface area contributed by atoms with Crippen LogP contribution < -0.4 is 10.6 Å². The molecule has 8 heteroatoms. The van der Waals surface area contributed by atoms with Gasteiger partial charge in [-0.2, -0.15) is 0 Å². The molecule has 2 heterocycles. The van der Waals surface area contributed by atoms with Gasteiger partial charge in [0.15, 0.2) is 11.8 Å². The molecular formula is C15H25N7O. The first-order valence-electron chi connectivity index (χ1n) is 7.86. The second kappa shape index (κ2) is 7.75. The monoisotopic (exact) mass is 319 g/mol. The maximum atomic E-state index is 5.38. The number of hydrogen-bond acceptors (Lipinski definition) is 5. The number of rotatable bonds is 6. The first kappa shape index (κ1) is 17.0. The zero-order valence-corrected chi connectivity index (χ0v) is 14.5. The highest BCUT2D eigenvalue weighted by Crippen LogP contribution is 2.15. The van der Waals surface area contributed by atoms with Gasteiger partial charge in [-0.05, 0) is 13.3 Å². The summed E-state index contributed by atoms with van der Waals surface area (Å²) in [6.45, 7) is 7.25. The Kier molecular flexibility index (Phi) is 5.72. The number of guanidine groups is 1. The SMILES string of the molecule is CCc1noc(CC)c1CNC(=NC)NCc1nnc(C)n1C. The van der Waals surface area contributed by atoms with Crippen LogP contribution in [-0.2, 0) is 33.0 Å². The Hall–Kier alpha value is -2.38. The van der Waals surface area contributed by atoms with Crippen molar-refractivity contribution in [3.63, 3.8) is 0 Å². The average molecular weight is 319 g/mol. The Balaban J connectivity index is 1.96. The lowest BCUT2D eigenvalue weighted by molar-refractivity contribution is 0.380. The summed E-state index contributed by atoms with van der Waals surface area (Å²) in [5.41, 5.74) is 2.11. The van der Waals surface area contributed by atoms with Crippen LogP contribution in [0.4, 0.5) is 0 Å². The van der Waals surface area contributed by atoms with Gasteiger partial charge in [0, 0.05) is 32.6 Å². The van der Waals surface area contributed by atoms with Crippen molar-refractivity contribution in [3.8, 4) is 0 Å². The molecule has 2 N–H and O–H groups in total. The van der Waals surface area contributed by atoms with E-state index >= 15 is 0 Å². The summed E-state index contributed by atoms with van der Waals surface area (Å²) < 4.78 is 7.33. The highest BCUT2D eigenvalue weighted by atomic mass is 16.5. The maximum Gasteiger partial charge on any atom is 0.191 e. The molecule has 0 unspecified atom stereocenters. The molecular weight excluding hydrogens is 294 g/mol. The largest absolute Gasteiger partial charge is 0.361 e. The molecule has 0 saturated heterocycles. The van der Waals surface area contributed by atoms with Gasteiger partial charge in [-0.15, -0.1) is 10.2 Å². The maximum absolute atomic E-state index is 5.38. The normalized spacial score (nSPS) is 11.8. The lowest BCUT2D eigenvalue weighted by atomic mass is 10.1. The third-order valence-electron chi connectivity index (χ3n) is 3.86. The molecule has 23 heavy (non-hydrogen) atoms. The minimum absolute atomic E-state index is 0.557. The molecule has 0 aliphatic carbocycles.